The maximum Gasteiger partial charge on any atom is 0.119 e. The summed E-state index contributed by atoms with van der Waals surface area (Å²) in [7, 11) is 0. The molecular formula is C17H29NO. The third-order valence-corrected chi connectivity index (χ3v) is 3.53. The molecule has 0 heterocycles. The Morgan fingerprint density at radius 2 is 1.68 bits per heavy atom. The molecule has 108 valence electrons. The van der Waals surface area contributed by atoms with E-state index in [-0.39, 0.29) is 6.10 Å². The van der Waals surface area contributed by atoms with Gasteiger partial charge in [0, 0.05) is 6.04 Å². The lowest BCUT2D eigenvalue weighted by atomic mass is 10.0. The van der Waals surface area contributed by atoms with Crippen molar-refractivity contribution in [3.8, 4) is 5.75 Å². The fourth-order valence-corrected chi connectivity index (χ4v) is 2.20. The zero-order valence-corrected chi connectivity index (χ0v) is 13.1. The highest BCUT2D eigenvalue weighted by Gasteiger charge is 2.16. The molecule has 1 aromatic carbocycles. The summed E-state index contributed by atoms with van der Waals surface area (Å²) in [5.41, 5.74) is 1.36. The van der Waals surface area contributed by atoms with Gasteiger partial charge in [-0.05, 0) is 49.9 Å². The first-order valence-electron chi connectivity index (χ1n) is 7.58. The Morgan fingerprint density at radius 3 is 2.16 bits per heavy atom. The number of nitrogens with one attached hydrogen (secondary N) is 1. The van der Waals surface area contributed by atoms with Crippen LogP contribution in [0, 0.1) is 0 Å². The van der Waals surface area contributed by atoms with E-state index >= 15 is 0 Å². The van der Waals surface area contributed by atoms with Crippen LogP contribution in [-0.2, 0) is 0 Å². The second-order valence-corrected chi connectivity index (χ2v) is 5.52. The number of hydrogen-bond acceptors (Lipinski definition) is 2. The first-order chi connectivity index (χ1) is 9.08. The van der Waals surface area contributed by atoms with Crippen LogP contribution in [0.25, 0.3) is 0 Å². The maximum atomic E-state index is 6.04. The molecule has 0 aromatic heterocycles. The molecule has 0 saturated heterocycles. The van der Waals surface area contributed by atoms with E-state index in [1.165, 1.54) is 5.56 Å². The average Bonchev–Trinajstić information content (AvgIpc) is 2.40. The van der Waals surface area contributed by atoms with Gasteiger partial charge in [-0.25, -0.2) is 0 Å². The molecule has 0 radical (unpaired) electrons. The Hall–Kier alpha value is -1.02. The molecule has 0 aliphatic carbocycles. The van der Waals surface area contributed by atoms with Gasteiger partial charge in [0.15, 0.2) is 0 Å². The van der Waals surface area contributed by atoms with Crippen molar-refractivity contribution in [2.75, 3.05) is 6.54 Å². The molecule has 1 rings (SSSR count). The lowest BCUT2D eigenvalue weighted by Crippen LogP contribution is -2.41. The van der Waals surface area contributed by atoms with Crippen LogP contribution >= 0.6 is 0 Å². The summed E-state index contributed by atoms with van der Waals surface area (Å²) in [6, 6.07) is 8.90. The summed E-state index contributed by atoms with van der Waals surface area (Å²) in [5, 5.41) is 3.54. The van der Waals surface area contributed by atoms with E-state index in [4.69, 9.17) is 4.74 Å². The lowest BCUT2D eigenvalue weighted by molar-refractivity contribution is 0.167. The molecule has 0 bridgehead atoms. The topological polar surface area (TPSA) is 21.3 Å². The van der Waals surface area contributed by atoms with Gasteiger partial charge in [0.25, 0.3) is 0 Å². The first-order valence-corrected chi connectivity index (χ1v) is 7.58. The van der Waals surface area contributed by atoms with Crippen LogP contribution in [0.15, 0.2) is 24.3 Å². The molecule has 0 aliphatic heterocycles. The smallest absolute Gasteiger partial charge is 0.119 e. The third kappa shape index (κ3) is 5.23. The maximum absolute atomic E-state index is 6.04. The molecule has 1 aromatic rings. The van der Waals surface area contributed by atoms with Gasteiger partial charge in [-0.2, -0.15) is 0 Å². The molecular weight excluding hydrogens is 234 g/mol. The van der Waals surface area contributed by atoms with Gasteiger partial charge in [-0.3, -0.25) is 0 Å². The highest BCUT2D eigenvalue weighted by atomic mass is 16.5. The van der Waals surface area contributed by atoms with E-state index in [0.29, 0.717) is 12.0 Å². The first kappa shape index (κ1) is 16.0. The van der Waals surface area contributed by atoms with Crippen LogP contribution in [-0.4, -0.2) is 18.7 Å². The molecule has 2 nitrogen and oxygen atoms in total. The van der Waals surface area contributed by atoms with Crippen molar-refractivity contribution in [3.63, 3.8) is 0 Å². The Bertz CT molecular complexity index is 345. The second-order valence-electron chi connectivity index (χ2n) is 5.52. The summed E-state index contributed by atoms with van der Waals surface area (Å²) < 4.78 is 6.04. The molecule has 2 heteroatoms. The highest BCUT2D eigenvalue weighted by Crippen LogP contribution is 2.20. The SMILES string of the molecule is CCCNC(CC)C(C)Oc1ccc(C(C)C)cc1. The monoisotopic (exact) mass is 263 g/mol. The van der Waals surface area contributed by atoms with Gasteiger partial charge in [-0.1, -0.05) is 39.8 Å². The van der Waals surface area contributed by atoms with Gasteiger partial charge in [0.2, 0.25) is 0 Å². The van der Waals surface area contributed by atoms with Crippen molar-refractivity contribution in [2.24, 2.45) is 0 Å². The third-order valence-electron chi connectivity index (χ3n) is 3.53. The van der Waals surface area contributed by atoms with Crippen LogP contribution in [0.4, 0.5) is 0 Å². The highest BCUT2D eigenvalue weighted by molar-refractivity contribution is 5.29. The Morgan fingerprint density at radius 1 is 1.05 bits per heavy atom. The van der Waals surface area contributed by atoms with Crippen LogP contribution in [0.1, 0.15) is 58.9 Å². The molecule has 0 saturated carbocycles. The predicted octanol–water partition coefficient (Wildman–Crippen LogP) is 4.36. The normalized spacial score (nSPS) is 14.4. The van der Waals surface area contributed by atoms with Crippen LogP contribution < -0.4 is 10.1 Å². The number of hydrogen-bond donors (Lipinski definition) is 1. The van der Waals surface area contributed by atoms with Crippen LogP contribution in [0.3, 0.4) is 0 Å². The lowest BCUT2D eigenvalue weighted by Gasteiger charge is -2.25. The molecule has 1 N–H and O–H groups in total. The largest absolute Gasteiger partial charge is 0.489 e. The molecule has 0 spiro atoms. The van der Waals surface area contributed by atoms with Crippen molar-refractivity contribution in [1.29, 1.82) is 0 Å². The fourth-order valence-electron chi connectivity index (χ4n) is 2.20. The standard InChI is InChI=1S/C17H29NO/c1-6-12-18-17(7-2)14(5)19-16-10-8-15(9-11-16)13(3)4/h8-11,13-14,17-18H,6-7,12H2,1-5H3. The minimum atomic E-state index is 0.196. The Balaban J connectivity index is 2.57. The van der Waals surface area contributed by atoms with E-state index in [0.717, 1.165) is 25.1 Å². The Labute approximate surface area is 118 Å². The van der Waals surface area contributed by atoms with Gasteiger partial charge in [0.05, 0.1) is 0 Å². The van der Waals surface area contributed by atoms with E-state index in [1.807, 2.05) is 0 Å². The van der Waals surface area contributed by atoms with Crippen molar-refractivity contribution >= 4 is 0 Å². The van der Waals surface area contributed by atoms with Crippen molar-refractivity contribution in [1.82, 2.24) is 5.32 Å². The second kappa shape index (κ2) is 8.21. The van der Waals surface area contributed by atoms with Crippen molar-refractivity contribution < 1.29 is 4.74 Å². The van der Waals surface area contributed by atoms with E-state index in [9.17, 15) is 0 Å². The number of rotatable bonds is 8. The molecule has 0 aliphatic rings. The van der Waals surface area contributed by atoms with Crippen molar-refractivity contribution in [2.45, 2.75) is 65.5 Å². The predicted molar refractivity (Wildman–Crippen MR) is 83.0 cm³/mol. The quantitative estimate of drug-likeness (QED) is 0.752. The molecule has 0 fully saturated rings. The summed E-state index contributed by atoms with van der Waals surface area (Å²) >= 11 is 0. The van der Waals surface area contributed by atoms with Crippen molar-refractivity contribution in [3.05, 3.63) is 29.8 Å². The van der Waals surface area contributed by atoms with Crippen LogP contribution in [0.2, 0.25) is 0 Å². The minimum Gasteiger partial charge on any atom is -0.489 e. The molecule has 0 amide bonds. The van der Waals surface area contributed by atoms with E-state index in [2.05, 4.69) is 64.2 Å². The van der Waals surface area contributed by atoms with E-state index < -0.39 is 0 Å². The molecule has 2 atom stereocenters. The zero-order chi connectivity index (χ0) is 14.3. The van der Waals surface area contributed by atoms with Gasteiger partial charge >= 0.3 is 0 Å². The molecule has 19 heavy (non-hydrogen) atoms. The summed E-state index contributed by atoms with van der Waals surface area (Å²) in [6.07, 6.45) is 2.44. The van der Waals surface area contributed by atoms with Gasteiger partial charge in [0.1, 0.15) is 11.9 Å². The summed E-state index contributed by atoms with van der Waals surface area (Å²) in [4.78, 5) is 0. The van der Waals surface area contributed by atoms with Gasteiger partial charge in [-0.15, -0.1) is 0 Å². The fraction of sp³-hybridized carbons (Fsp3) is 0.647. The minimum absolute atomic E-state index is 0.196. The Kier molecular flexibility index (Phi) is 6.93. The molecule has 2 unspecified atom stereocenters. The summed E-state index contributed by atoms with van der Waals surface area (Å²) in [6.45, 7) is 12.0. The summed E-state index contributed by atoms with van der Waals surface area (Å²) in [5.74, 6) is 1.54. The number of benzene rings is 1. The van der Waals surface area contributed by atoms with Crippen LogP contribution in [0.5, 0.6) is 5.75 Å². The van der Waals surface area contributed by atoms with Gasteiger partial charge < -0.3 is 10.1 Å². The number of ether oxygens (including phenoxy) is 1. The zero-order valence-electron chi connectivity index (χ0n) is 13.1. The average molecular weight is 263 g/mol. The van der Waals surface area contributed by atoms with E-state index in [1.54, 1.807) is 0 Å².